The second-order valence-electron chi connectivity index (χ2n) is 6.44. The molecule has 114 valence electrons. The van der Waals surface area contributed by atoms with Crippen molar-refractivity contribution in [1.29, 1.82) is 0 Å². The van der Waals surface area contributed by atoms with Gasteiger partial charge >= 0.3 is 0 Å². The van der Waals surface area contributed by atoms with Crippen LogP contribution in [0.3, 0.4) is 0 Å². The summed E-state index contributed by atoms with van der Waals surface area (Å²) in [6.07, 6.45) is 8.09. The molecule has 1 aromatic carbocycles. The Kier molecular flexibility index (Phi) is 4.59. The summed E-state index contributed by atoms with van der Waals surface area (Å²) in [5, 5.41) is 6.55. The van der Waals surface area contributed by atoms with Gasteiger partial charge in [0, 0.05) is 5.69 Å². The summed E-state index contributed by atoms with van der Waals surface area (Å²) in [7, 11) is 0. The standard InChI is InChI=1S/C18H26N2O/c1-2-13-10-11-19-17(12-13)18(21)20-16-9-5-7-14-6-3-4-8-15(14)16/h5,7,9,13,17,19H,2-4,6,8,10-12H2,1H3,(H,20,21). The Bertz CT molecular complexity index is 512. The van der Waals surface area contributed by atoms with Crippen molar-refractivity contribution in [2.24, 2.45) is 5.92 Å². The molecule has 1 amide bonds. The van der Waals surface area contributed by atoms with Crippen LogP contribution in [0.2, 0.25) is 0 Å². The first-order chi connectivity index (χ1) is 10.3. The molecule has 3 heteroatoms. The SMILES string of the molecule is CCC1CCNC(C(=O)Nc2cccc3c2CCCC3)C1. The van der Waals surface area contributed by atoms with Gasteiger partial charge in [-0.15, -0.1) is 0 Å². The predicted molar refractivity (Wildman–Crippen MR) is 86.5 cm³/mol. The lowest BCUT2D eigenvalue weighted by molar-refractivity contribution is -0.119. The van der Waals surface area contributed by atoms with Crippen molar-refractivity contribution < 1.29 is 4.79 Å². The van der Waals surface area contributed by atoms with Crippen LogP contribution in [0.25, 0.3) is 0 Å². The number of nitrogens with one attached hydrogen (secondary N) is 2. The minimum atomic E-state index is -0.0249. The van der Waals surface area contributed by atoms with E-state index in [0.717, 1.165) is 31.5 Å². The highest BCUT2D eigenvalue weighted by Gasteiger charge is 2.26. The Hall–Kier alpha value is -1.35. The molecule has 0 spiro atoms. The number of aryl methyl sites for hydroxylation is 1. The van der Waals surface area contributed by atoms with Gasteiger partial charge in [0.1, 0.15) is 0 Å². The molecule has 2 N–H and O–H groups in total. The van der Waals surface area contributed by atoms with Gasteiger partial charge in [-0.25, -0.2) is 0 Å². The lowest BCUT2D eigenvalue weighted by Crippen LogP contribution is -2.46. The van der Waals surface area contributed by atoms with Crippen molar-refractivity contribution in [2.45, 2.75) is 57.9 Å². The first-order valence-corrected chi connectivity index (χ1v) is 8.43. The lowest BCUT2D eigenvalue weighted by atomic mass is 9.89. The van der Waals surface area contributed by atoms with Crippen LogP contribution in [0.5, 0.6) is 0 Å². The summed E-state index contributed by atoms with van der Waals surface area (Å²) in [4.78, 5) is 12.5. The first kappa shape index (κ1) is 14.6. The highest BCUT2D eigenvalue weighted by Crippen LogP contribution is 2.28. The third kappa shape index (κ3) is 3.29. The largest absolute Gasteiger partial charge is 0.324 e. The van der Waals surface area contributed by atoms with E-state index in [1.165, 1.54) is 36.8 Å². The molecule has 2 unspecified atom stereocenters. The Balaban J connectivity index is 1.70. The van der Waals surface area contributed by atoms with E-state index in [1.54, 1.807) is 0 Å². The van der Waals surface area contributed by atoms with Crippen LogP contribution < -0.4 is 10.6 Å². The Morgan fingerprint density at radius 3 is 3.05 bits per heavy atom. The number of fused-ring (bicyclic) bond motifs is 1. The van der Waals surface area contributed by atoms with Crippen LogP contribution in [0.1, 0.15) is 50.2 Å². The first-order valence-electron chi connectivity index (χ1n) is 8.43. The number of amides is 1. The van der Waals surface area contributed by atoms with E-state index in [-0.39, 0.29) is 11.9 Å². The predicted octanol–water partition coefficient (Wildman–Crippen LogP) is 3.28. The van der Waals surface area contributed by atoms with E-state index in [2.05, 4.69) is 35.8 Å². The molecule has 2 aliphatic rings. The zero-order valence-corrected chi connectivity index (χ0v) is 13.0. The summed E-state index contributed by atoms with van der Waals surface area (Å²) in [5.41, 5.74) is 3.82. The molecule has 1 fully saturated rings. The van der Waals surface area contributed by atoms with Gasteiger partial charge in [-0.2, -0.15) is 0 Å². The maximum Gasteiger partial charge on any atom is 0.241 e. The fourth-order valence-corrected chi connectivity index (χ4v) is 3.69. The van der Waals surface area contributed by atoms with Crippen LogP contribution in [-0.2, 0) is 17.6 Å². The fraction of sp³-hybridized carbons (Fsp3) is 0.611. The van der Waals surface area contributed by atoms with Gasteiger partial charge in [0.05, 0.1) is 6.04 Å². The minimum Gasteiger partial charge on any atom is -0.324 e. The monoisotopic (exact) mass is 286 g/mol. The maximum absolute atomic E-state index is 12.5. The second kappa shape index (κ2) is 6.61. The van der Waals surface area contributed by atoms with Crippen molar-refractivity contribution >= 4 is 11.6 Å². The molecular weight excluding hydrogens is 260 g/mol. The van der Waals surface area contributed by atoms with E-state index in [0.29, 0.717) is 5.92 Å². The fourth-order valence-electron chi connectivity index (χ4n) is 3.69. The minimum absolute atomic E-state index is 0.0249. The number of anilines is 1. The molecule has 0 aromatic heterocycles. The zero-order chi connectivity index (χ0) is 14.7. The van der Waals surface area contributed by atoms with Gasteiger partial charge in [0.2, 0.25) is 5.91 Å². The molecule has 0 saturated carbocycles. The van der Waals surface area contributed by atoms with E-state index in [4.69, 9.17) is 0 Å². The van der Waals surface area contributed by atoms with Gasteiger partial charge in [0.25, 0.3) is 0 Å². The van der Waals surface area contributed by atoms with E-state index in [9.17, 15) is 4.79 Å². The molecular formula is C18H26N2O. The molecule has 1 heterocycles. The molecule has 21 heavy (non-hydrogen) atoms. The van der Waals surface area contributed by atoms with Crippen molar-refractivity contribution in [3.63, 3.8) is 0 Å². The van der Waals surface area contributed by atoms with E-state index < -0.39 is 0 Å². The topological polar surface area (TPSA) is 41.1 Å². The van der Waals surface area contributed by atoms with Crippen LogP contribution in [0.15, 0.2) is 18.2 Å². The molecule has 3 rings (SSSR count). The molecule has 0 radical (unpaired) electrons. The van der Waals surface area contributed by atoms with Crippen molar-refractivity contribution in [3.05, 3.63) is 29.3 Å². The average molecular weight is 286 g/mol. The lowest BCUT2D eigenvalue weighted by Gasteiger charge is -2.29. The van der Waals surface area contributed by atoms with E-state index in [1.807, 2.05) is 0 Å². The summed E-state index contributed by atoms with van der Waals surface area (Å²) >= 11 is 0. The third-order valence-electron chi connectivity index (χ3n) is 5.06. The summed E-state index contributed by atoms with van der Waals surface area (Å²) in [5.74, 6) is 0.832. The van der Waals surface area contributed by atoms with Gasteiger partial charge in [-0.1, -0.05) is 25.5 Å². The number of rotatable bonds is 3. The van der Waals surface area contributed by atoms with Crippen LogP contribution in [0.4, 0.5) is 5.69 Å². The Morgan fingerprint density at radius 1 is 1.33 bits per heavy atom. The van der Waals surface area contributed by atoms with Crippen LogP contribution in [0, 0.1) is 5.92 Å². The Labute approximate surface area is 127 Å². The molecule has 1 aromatic rings. The van der Waals surface area contributed by atoms with Gasteiger partial charge in [0.15, 0.2) is 0 Å². The summed E-state index contributed by atoms with van der Waals surface area (Å²) in [6, 6.07) is 6.31. The third-order valence-corrected chi connectivity index (χ3v) is 5.06. The summed E-state index contributed by atoms with van der Waals surface area (Å²) in [6.45, 7) is 3.18. The smallest absolute Gasteiger partial charge is 0.241 e. The van der Waals surface area contributed by atoms with Crippen LogP contribution >= 0.6 is 0 Å². The number of hydrogen-bond donors (Lipinski definition) is 2. The van der Waals surface area contributed by atoms with Crippen LogP contribution in [-0.4, -0.2) is 18.5 Å². The van der Waals surface area contributed by atoms with Gasteiger partial charge in [-0.3, -0.25) is 4.79 Å². The number of carbonyl (C=O) groups is 1. The van der Waals surface area contributed by atoms with Crippen molar-refractivity contribution in [1.82, 2.24) is 5.32 Å². The average Bonchev–Trinajstić information content (AvgIpc) is 2.55. The molecule has 1 aliphatic heterocycles. The van der Waals surface area contributed by atoms with Crippen molar-refractivity contribution in [3.8, 4) is 0 Å². The maximum atomic E-state index is 12.5. The summed E-state index contributed by atoms with van der Waals surface area (Å²) < 4.78 is 0. The number of hydrogen-bond acceptors (Lipinski definition) is 2. The van der Waals surface area contributed by atoms with E-state index >= 15 is 0 Å². The number of carbonyl (C=O) groups excluding carboxylic acids is 1. The van der Waals surface area contributed by atoms with Crippen molar-refractivity contribution in [2.75, 3.05) is 11.9 Å². The second-order valence-corrected chi connectivity index (χ2v) is 6.44. The molecule has 1 aliphatic carbocycles. The molecule has 2 atom stereocenters. The molecule has 1 saturated heterocycles. The Morgan fingerprint density at radius 2 is 2.19 bits per heavy atom. The normalized spacial score (nSPS) is 25.2. The highest BCUT2D eigenvalue weighted by molar-refractivity contribution is 5.95. The number of piperidine rings is 1. The quantitative estimate of drug-likeness (QED) is 0.895. The molecule has 0 bridgehead atoms. The van der Waals surface area contributed by atoms with Gasteiger partial charge in [-0.05, 0) is 68.2 Å². The highest BCUT2D eigenvalue weighted by atomic mass is 16.2. The van der Waals surface area contributed by atoms with Gasteiger partial charge < -0.3 is 10.6 Å². The molecule has 3 nitrogen and oxygen atoms in total. The number of benzene rings is 1. The zero-order valence-electron chi connectivity index (χ0n) is 13.0.